The fourth-order valence-corrected chi connectivity index (χ4v) is 3.10. The van der Waals surface area contributed by atoms with Gasteiger partial charge in [0.1, 0.15) is 5.75 Å². The van der Waals surface area contributed by atoms with Crippen molar-refractivity contribution in [2.75, 3.05) is 6.61 Å². The summed E-state index contributed by atoms with van der Waals surface area (Å²) in [5, 5.41) is 9.23. The molecule has 0 aromatic heterocycles. The van der Waals surface area contributed by atoms with E-state index < -0.39 is 5.97 Å². The summed E-state index contributed by atoms with van der Waals surface area (Å²) in [6.45, 7) is 4.94. The zero-order valence-electron chi connectivity index (χ0n) is 10.8. The number of benzene rings is 1. The molecular formula is C15H18O3. The molecule has 2 atom stereocenters. The number of hydrogen-bond acceptors (Lipinski definition) is 2. The molecule has 1 aliphatic carbocycles. The average molecular weight is 246 g/mol. The third kappa shape index (κ3) is 1.53. The Kier molecular flexibility index (Phi) is 2.40. The monoisotopic (exact) mass is 246 g/mol. The Labute approximate surface area is 107 Å². The van der Waals surface area contributed by atoms with E-state index in [1.54, 1.807) is 0 Å². The lowest BCUT2D eigenvalue weighted by atomic mass is 9.85. The first-order chi connectivity index (χ1) is 8.54. The van der Waals surface area contributed by atoms with Gasteiger partial charge in [0, 0.05) is 11.0 Å². The Morgan fingerprint density at radius 2 is 2.28 bits per heavy atom. The Hall–Kier alpha value is -1.51. The first-order valence-corrected chi connectivity index (χ1v) is 6.54. The van der Waals surface area contributed by atoms with Crippen LogP contribution in [0, 0.1) is 5.92 Å². The second kappa shape index (κ2) is 3.74. The highest BCUT2D eigenvalue weighted by Crippen LogP contribution is 2.60. The summed E-state index contributed by atoms with van der Waals surface area (Å²) in [6, 6.07) is 6.24. The molecule has 0 amide bonds. The SMILES string of the molecule is CC(C)c1ccc2c(c1)C1(CCO2)CC1C(=O)O. The molecule has 1 N–H and O–H groups in total. The second-order valence-electron chi connectivity index (χ2n) is 5.76. The molecule has 0 saturated heterocycles. The van der Waals surface area contributed by atoms with Crippen LogP contribution in [0.5, 0.6) is 5.75 Å². The van der Waals surface area contributed by atoms with Gasteiger partial charge < -0.3 is 9.84 Å². The lowest BCUT2D eigenvalue weighted by Gasteiger charge is -2.27. The summed E-state index contributed by atoms with van der Waals surface area (Å²) in [5.41, 5.74) is 2.23. The van der Waals surface area contributed by atoms with E-state index in [1.165, 1.54) is 5.56 Å². The van der Waals surface area contributed by atoms with Crippen molar-refractivity contribution in [3.63, 3.8) is 0 Å². The highest BCUT2D eigenvalue weighted by atomic mass is 16.5. The van der Waals surface area contributed by atoms with Gasteiger partial charge in [0.15, 0.2) is 0 Å². The zero-order chi connectivity index (χ0) is 12.9. The van der Waals surface area contributed by atoms with E-state index in [2.05, 4.69) is 26.0 Å². The fourth-order valence-electron chi connectivity index (χ4n) is 3.10. The van der Waals surface area contributed by atoms with Gasteiger partial charge in [-0.15, -0.1) is 0 Å². The number of carboxylic acids is 1. The van der Waals surface area contributed by atoms with Crippen LogP contribution in [0.15, 0.2) is 18.2 Å². The summed E-state index contributed by atoms with van der Waals surface area (Å²) in [6.07, 6.45) is 1.60. The molecule has 1 saturated carbocycles. The quantitative estimate of drug-likeness (QED) is 0.872. The maximum atomic E-state index is 11.2. The minimum atomic E-state index is -0.669. The van der Waals surface area contributed by atoms with Crippen molar-refractivity contribution in [3.05, 3.63) is 29.3 Å². The van der Waals surface area contributed by atoms with Crippen LogP contribution in [0.3, 0.4) is 0 Å². The number of aliphatic carboxylic acids is 1. The molecule has 96 valence electrons. The van der Waals surface area contributed by atoms with E-state index in [-0.39, 0.29) is 11.3 Å². The molecule has 2 aliphatic rings. The third-order valence-corrected chi connectivity index (χ3v) is 4.39. The van der Waals surface area contributed by atoms with Gasteiger partial charge in [0.05, 0.1) is 12.5 Å². The van der Waals surface area contributed by atoms with Gasteiger partial charge in [-0.25, -0.2) is 0 Å². The minimum absolute atomic E-state index is 0.148. The van der Waals surface area contributed by atoms with Crippen molar-refractivity contribution >= 4 is 5.97 Å². The van der Waals surface area contributed by atoms with Gasteiger partial charge in [-0.2, -0.15) is 0 Å². The highest BCUT2D eigenvalue weighted by molar-refractivity contribution is 5.78. The molecule has 1 aromatic carbocycles. The van der Waals surface area contributed by atoms with E-state index in [4.69, 9.17) is 4.74 Å². The van der Waals surface area contributed by atoms with E-state index >= 15 is 0 Å². The van der Waals surface area contributed by atoms with Crippen LogP contribution in [0.2, 0.25) is 0 Å². The van der Waals surface area contributed by atoms with Gasteiger partial charge in [0.2, 0.25) is 0 Å². The molecule has 18 heavy (non-hydrogen) atoms. The van der Waals surface area contributed by atoms with E-state index in [1.807, 2.05) is 6.07 Å². The Balaban J connectivity index is 2.05. The molecule has 1 aliphatic heterocycles. The molecule has 3 heteroatoms. The molecule has 0 bridgehead atoms. The van der Waals surface area contributed by atoms with Crippen LogP contribution >= 0.6 is 0 Å². The maximum absolute atomic E-state index is 11.2. The standard InChI is InChI=1S/C15H18O3/c1-9(2)10-3-4-13-11(7-10)15(5-6-18-13)8-12(15)14(16)17/h3-4,7,9,12H,5-6,8H2,1-2H3,(H,16,17). The number of fused-ring (bicyclic) bond motifs is 2. The molecule has 3 rings (SSSR count). The molecular weight excluding hydrogens is 228 g/mol. The van der Waals surface area contributed by atoms with Gasteiger partial charge in [0.25, 0.3) is 0 Å². The predicted octanol–water partition coefficient (Wildman–Crippen LogP) is 2.93. The van der Waals surface area contributed by atoms with Gasteiger partial charge in [-0.3, -0.25) is 4.79 Å². The third-order valence-electron chi connectivity index (χ3n) is 4.39. The molecule has 0 radical (unpaired) electrons. The summed E-state index contributed by atoms with van der Waals surface area (Å²) in [5.74, 6) is 0.450. The van der Waals surface area contributed by atoms with Crippen molar-refractivity contribution < 1.29 is 14.6 Å². The van der Waals surface area contributed by atoms with Crippen LogP contribution in [0.1, 0.15) is 43.7 Å². The Morgan fingerprint density at radius 3 is 2.89 bits per heavy atom. The maximum Gasteiger partial charge on any atom is 0.307 e. The van der Waals surface area contributed by atoms with Crippen molar-refractivity contribution in [3.8, 4) is 5.75 Å². The van der Waals surface area contributed by atoms with Crippen molar-refractivity contribution in [1.29, 1.82) is 0 Å². The summed E-state index contributed by atoms with van der Waals surface area (Å²) in [4.78, 5) is 11.2. The lowest BCUT2D eigenvalue weighted by Crippen LogP contribution is -2.24. The van der Waals surface area contributed by atoms with Crippen LogP contribution in [-0.4, -0.2) is 17.7 Å². The van der Waals surface area contributed by atoms with Crippen LogP contribution < -0.4 is 4.74 Å². The Morgan fingerprint density at radius 1 is 1.50 bits per heavy atom. The topological polar surface area (TPSA) is 46.5 Å². The van der Waals surface area contributed by atoms with Crippen LogP contribution in [0.25, 0.3) is 0 Å². The number of carboxylic acid groups (broad SMARTS) is 1. The summed E-state index contributed by atoms with van der Waals surface area (Å²) in [7, 11) is 0. The average Bonchev–Trinajstić information content (AvgIpc) is 3.05. The largest absolute Gasteiger partial charge is 0.493 e. The van der Waals surface area contributed by atoms with E-state index in [9.17, 15) is 9.90 Å². The minimum Gasteiger partial charge on any atom is -0.493 e. The first-order valence-electron chi connectivity index (χ1n) is 6.54. The van der Waals surface area contributed by atoms with Gasteiger partial charge in [-0.1, -0.05) is 26.0 Å². The molecule has 1 heterocycles. The van der Waals surface area contributed by atoms with Gasteiger partial charge in [-0.05, 0) is 30.4 Å². The van der Waals surface area contributed by atoms with Gasteiger partial charge >= 0.3 is 5.97 Å². The fraction of sp³-hybridized carbons (Fsp3) is 0.533. The second-order valence-corrected chi connectivity index (χ2v) is 5.76. The molecule has 2 unspecified atom stereocenters. The normalized spacial score (nSPS) is 28.9. The molecule has 1 fully saturated rings. The highest BCUT2D eigenvalue weighted by Gasteiger charge is 2.61. The number of rotatable bonds is 2. The first kappa shape index (κ1) is 11.6. The summed E-state index contributed by atoms with van der Waals surface area (Å²) < 4.78 is 5.67. The lowest BCUT2D eigenvalue weighted by molar-refractivity contribution is -0.139. The van der Waals surface area contributed by atoms with E-state index in [0.29, 0.717) is 12.5 Å². The van der Waals surface area contributed by atoms with Crippen LogP contribution in [0.4, 0.5) is 0 Å². The summed E-state index contributed by atoms with van der Waals surface area (Å²) >= 11 is 0. The van der Waals surface area contributed by atoms with Crippen LogP contribution in [-0.2, 0) is 10.2 Å². The molecule has 3 nitrogen and oxygen atoms in total. The smallest absolute Gasteiger partial charge is 0.307 e. The number of hydrogen-bond donors (Lipinski definition) is 1. The van der Waals surface area contributed by atoms with Crippen molar-refractivity contribution in [2.45, 2.75) is 38.0 Å². The van der Waals surface area contributed by atoms with E-state index in [0.717, 1.165) is 24.2 Å². The van der Waals surface area contributed by atoms with Crippen molar-refractivity contribution in [2.24, 2.45) is 5.92 Å². The predicted molar refractivity (Wildman–Crippen MR) is 68.1 cm³/mol. The number of carbonyl (C=O) groups is 1. The molecule has 1 spiro atoms. The Bertz CT molecular complexity index is 506. The van der Waals surface area contributed by atoms with Crippen molar-refractivity contribution in [1.82, 2.24) is 0 Å². The molecule has 1 aromatic rings. The zero-order valence-corrected chi connectivity index (χ0v) is 10.8. The number of ether oxygens (including phenoxy) is 1.